The van der Waals surface area contributed by atoms with Gasteiger partial charge in [-0.05, 0) is 54.9 Å². The van der Waals surface area contributed by atoms with E-state index in [2.05, 4.69) is 71.7 Å². The van der Waals surface area contributed by atoms with Crippen LogP contribution in [0.25, 0.3) is 0 Å². The smallest absolute Gasteiger partial charge is 0.0542 e. The number of allylic oxidation sites excluding steroid dienone is 1. The molecule has 0 N–H and O–H groups in total. The molecule has 1 aromatic carbocycles. The van der Waals surface area contributed by atoms with Crippen LogP contribution in [0.15, 0.2) is 48.2 Å². The van der Waals surface area contributed by atoms with Crippen molar-refractivity contribution in [2.24, 2.45) is 0 Å². The minimum Gasteiger partial charge on any atom is -0.147 e. The fourth-order valence-corrected chi connectivity index (χ4v) is 4.64. The molecular formula is C16H20S2. The summed E-state index contributed by atoms with van der Waals surface area (Å²) in [7, 11) is 0. The highest BCUT2D eigenvalue weighted by atomic mass is 32.2. The second-order valence-electron chi connectivity index (χ2n) is 4.36. The summed E-state index contributed by atoms with van der Waals surface area (Å²) in [5.74, 6) is 2.67. The van der Waals surface area contributed by atoms with Crippen LogP contribution in [0.1, 0.15) is 24.8 Å². The Kier molecular flexibility index (Phi) is 6.57. The lowest BCUT2D eigenvalue weighted by molar-refractivity contribution is 1.00. The predicted molar refractivity (Wildman–Crippen MR) is 85.4 cm³/mol. The van der Waals surface area contributed by atoms with E-state index in [0.717, 1.165) is 23.8 Å². The summed E-state index contributed by atoms with van der Waals surface area (Å²) < 4.78 is 0.772. The fraction of sp³-hybridized carbons (Fsp3) is 0.438. The van der Waals surface area contributed by atoms with Gasteiger partial charge in [-0.25, -0.2) is 0 Å². The van der Waals surface area contributed by atoms with Crippen molar-refractivity contribution in [1.29, 1.82) is 0 Å². The maximum Gasteiger partial charge on any atom is 0.0542 e. The van der Waals surface area contributed by atoms with E-state index in [1.165, 1.54) is 23.5 Å². The van der Waals surface area contributed by atoms with E-state index in [9.17, 15) is 0 Å². The van der Waals surface area contributed by atoms with Gasteiger partial charge < -0.3 is 0 Å². The molecule has 1 saturated heterocycles. The first-order chi connectivity index (χ1) is 8.95. The van der Waals surface area contributed by atoms with Crippen LogP contribution in [0.3, 0.4) is 0 Å². The molecule has 0 aromatic heterocycles. The Labute approximate surface area is 119 Å². The van der Waals surface area contributed by atoms with Crippen molar-refractivity contribution in [1.82, 2.24) is 0 Å². The van der Waals surface area contributed by atoms with Gasteiger partial charge in [0.1, 0.15) is 0 Å². The van der Waals surface area contributed by atoms with Gasteiger partial charge in [-0.2, -0.15) is 0 Å². The van der Waals surface area contributed by atoms with E-state index in [1.807, 2.05) is 0 Å². The topological polar surface area (TPSA) is 0 Å². The Morgan fingerprint density at radius 1 is 1.11 bits per heavy atom. The molecule has 1 fully saturated rings. The number of hydrogen-bond donors (Lipinski definition) is 0. The zero-order valence-corrected chi connectivity index (χ0v) is 12.3. The molecule has 0 atom stereocenters. The molecule has 0 amide bonds. The van der Waals surface area contributed by atoms with Gasteiger partial charge in [0.25, 0.3) is 0 Å². The molecule has 0 radical (unpaired) electrons. The van der Waals surface area contributed by atoms with Crippen molar-refractivity contribution in [3.8, 4) is 0 Å². The average Bonchev–Trinajstić information content (AvgIpc) is 2.45. The van der Waals surface area contributed by atoms with Crippen molar-refractivity contribution in [3.05, 3.63) is 53.8 Å². The zero-order chi connectivity index (χ0) is 12.5. The number of benzene rings is 1. The molecule has 0 saturated carbocycles. The van der Waals surface area contributed by atoms with Crippen LogP contribution in [-0.4, -0.2) is 16.1 Å². The molecule has 2 heteroatoms. The normalized spacial score (nSPS) is 16.0. The summed E-state index contributed by atoms with van der Waals surface area (Å²) in [4.78, 5) is 0. The van der Waals surface area contributed by atoms with Crippen LogP contribution in [-0.2, 0) is 6.42 Å². The molecular weight excluding hydrogens is 256 g/mol. The van der Waals surface area contributed by atoms with E-state index >= 15 is 0 Å². The third kappa shape index (κ3) is 5.39. The molecule has 18 heavy (non-hydrogen) atoms. The molecule has 0 bridgehead atoms. The van der Waals surface area contributed by atoms with E-state index in [1.54, 1.807) is 0 Å². The van der Waals surface area contributed by atoms with Crippen molar-refractivity contribution < 1.29 is 0 Å². The van der Waals surface area contributed by atoms with Crippen molar-refractivity contribution >= 4 is 23.5 Å². The summed E-state index contributed by atoms with van der Waals surface area (Å²) in [5, 5.41) is 0. The molecule has 1 aliphatic heterocycles. The van der Waals surface area contributed by atoms with Crippen LogP contribution >= 0.6 is 23.5 Å². The third-order valence-corrected chi connectivity index (χ3v) is 5.86. The number of rotatable bonds is 5. The lowest BCUT2D eigenvalue weighted by atomic mass is 10.1. The summed E-state index contributed by atoms with van der Waals surface area (Å²) in [6.07, 6.45) is 9.13. The first kappa shape index (κ1) is 13.9. The first-order valence-corrected chi connectivity index (χ1v) is 8.71. The summed E-state index contributed by atoms with van der Waals surface area (Å²) in [6, 6.07) is 10.7. The van der Waals surface area contributed by atoms with Crippen molar-refractivity contribution in [2.75, 3.05) is 11.5 Å². The highest BCUT2D eigenvalue weighted by molar-refractivity contribution is 8.17. The van der Waals surface area contributed by atoms with Crippen LogP contribution in [0.5, 0.6) is 0 Å². The largest absolute Gasteiger partial charge is 0.147 e. The summed E-state index contributed by atoms with van der Waals surface area (Å²) >= 11 is 4.20. The number of hydrogen-bond acceptors (Lipinski definition) is 2. The van der Waals surface area contributed by atoms with Crippen molar-refractivity contribution in [2.45, 2.75) is 30.3 Å². The SMILES string of the molecule is C(=CCCc1ccccc1)=CCC1SCCCS1. The molecule has 0 spiro atoms. The van der Waals surface area contributed by atoms with Gasteiger partial charge in [-0.3, -0.25) is 0 Å². The average molecular weight is 276 g/mol. The lowest BCUT2D eigenvalue weighted by Gasteiger charge is -2.18. The molecule has 1 aromatic rings. The minimum absolute atomic E-state index is 0.772. The Balaban J connectivity index is 1.64. The predicted octanol–water partition coefficient (Wildman–Crippen LogP) is 4.92. The van der Waals surface area contributed by atoms with Gasteiger partial charge in [0.05, 0.1) is 4.58 Å². The van der Waals surface area contributed by atoms with Crippen molar-refractivity contribution in [3.63, 3.8) is 0 Å². The monoisotopic (exact) mass is 276 g/mol. The molecule has 1 heterocycles. The second-order valence-corrected chi connectivity index (χ2v) is 7.28. The third-order valence-electron chi connectivity index (χ3n) is 2.86. The van der Waals surface area contributed by atoms with Gasteiger partial charge >= 0.3 is 0 Å². The standard InChI is InChI=1S/C16H20S2/c1(4-9-15-10-5-3-6-11-15)2-7-12-16-17-13-8-14-18-16/h1,3,5-7,10-11,16H,4,8-9,12-14H2. The minimum atomic E-state index is 0.772. The summed E-state index contributed by atoms with van der Waals surface area (Å²) in [5.41, 5.74) is 4.74. The summed E-state index contributed by atoms with van der Waals surface area (Å²) in [6.45, 7) is 0. The second kappa shape index (κ2) is 8.53. The van der Waals surface area contributed by atoms with Gasteiger partial charge in [-0.1, -0.05) is 30.3 Å². The fourth-order valence-electron chi connectivity index (χ4n) is 1.89. The van der Waals surface area contributed by atoms with Crippen LogP contribution in [0.2, 0.25) is 0 Å². The van der Waals surface area contributed by atoms with Crippen LogP contribution in [0, 0.1) is 0 Å². The van der Waals surface area contributed by atoms with E-state index in [4.69, 9.17) is 0 Å². The van der Waals surface area contributed by atoms with Crippen LogP contribution in [0.4, 0.5) is 0 Å². The first-order valence-electron chi connectivity index (χ1n) is 6.62. The number of aryl methyl sites for hydroxylation is 1. The maximum atomic E-state index is 3.33. The van der Waals surface area contributed by atoms with Gasteiger partial charge in [-0.15, -0.1) is 29.3 Å². The number of thioether (sulfide) groups is 2. The van der Waals surface area contributed by atoms with E-state index in [-0.39, 0.29) is 0 Å². The molecule has 0 unspecified atom stereocenters. The molecule has 0 nitrogen and oxygen atoms in total. The van der Waals surface area contributed by atoms with Gasteiger partial charge in [0.15, 0.2) is 0 Å². The Hall–Kier alpha value is -0.560. The molecule has 1 aliphatic rings. The zero-order valence-electron chi connectivity index (χ0n) is 10.7. The highest BCUT2D eigenvalue weighted by Gasteiger charge is 2.11. The molecule has 2 rings (SSSR count). The highest BCUT2D eigenvalue weighted by Crippen LogP contribution is 2.32. The Bertz CT molecular complexity index is 385. The van der Waals surface area contributed by atoms with E-state index in [0.29, 0.717) is 0 Å². The lowest BCUT2D eigenvalue weighted by Crippen LogP contribution is -2.04. The molecule has 0 aliphatic carbocycles. The van der Waals surface area contributed by atoms with Gasteiger partial charge in [0.2, 0.25) is 0 Å². The van der Waals surface area contributed by atoms with E-state index < -0.39 is 0 Å². The Morgan fingerprint density at radius 2 is 1.89 bits per heavy atom. The Morgan fingerprint density at radius 3 is 2.67 bits per heavy atom. The molecule has 96 valence electrons. The van der Waals surface area contributed by atoms with Crippen LogP contribution < -0.4 is 0 Å². The quantitative estimate of drug-likeness (QED) is 0.700. The maximum absolute atomic E-state index is 3.33. The van der Waals surface area contributed by atoms with Gasteiger partial charge in [0, 0.05) is 0 Å².